The third-order valence-corrected chi connectivity index (χ3v) is 2.00. The molecule has 0 spiro atoms. The zero-order valence-corrected chi connectivity index (χ0v) is 8.20. The van der Waals surface area contributed by atoms with E-state index in [0.29, 0.717) is 5.02 Å². The summed E-state index contributed by atoms with van der Waals surface area (Å²) in [4.78, 5) is 4.13. The van der Waals surface area contributed by atoms with E-state index in [-0.39, 0.29) is 0 Å². The normalized spacial score (nSPS) is 9.79. The number of benzene rings is 1. The molecule has 0 saturated heterocycles. The van der Waals surface area contributed by atoms with Gasteiger partial charge in [-0.15, -0.1) is 0 Å². The number of hydrogen-bond donors (Lipinski definition) is 1. The van der Waals surface area contributed by atoms with E-state index >= 15 is 0 Å². The third-order valence-electron chi connectivity index (χ3n) is 1.77. The Kier molecular flexibility index (Phi) is 2.65. The third kappa shape index (κ3) is 2.24. The molecule has 70 valence electrons. The zero-order chi connectivity index (χ0) is 9.80. The van der Waals surface area contributed by atoms with Gasteiger partial charge in [0.25, 0.3) is 0 Å². The Morgan fingerprint density at radius 3 is 2.43 bits per heavy atom. The Morgan fingerprint density at radius 2 is 1.79 bits per heavy atom. The van der Waals surface area contributed by atoms with Crippen LogP contribution < -0.4 is 5.32 Å². The molecule has 0 amide bonds. The lowest BCUT2D eigenvalue weighted by Crippen LogP contribution is -1.91. The Hall–Kier alpha value is -1.54. The van der Waals surface area contributed by atoms with Crippen molar-refractivity contribution in [3.05, 3.63) is 53.7 Å². The van der Waals surface area contributed by atoms with Gasteiger partial charge in [-0.2, -0.15) is 0 Å². The van der Waals surface area contributed by atoms with Crippen molar-refractivity contribution < 1.29 is 0 Å². The number of anilines is 2. The van der Waals surface area contributed by atoms with Crippen LogP contribution in [0.2, 0.25) is 5.02 Å². The fourth-order valence-electron chi connectivity index (χ4n) is 1.12. The smallest absolute Gasteiger partial charge is 0.130 e. The fourth-order valence-corrected chi connectivity index (χ4v) is 1.23. The van der Waals surface area contributed by atoms with Crippen molar-refractivity contribution in [3.63, 3.8) is 0 Å². The van der Waals surface area contributed by atoms with E-state index in [1.165, 1.54) is 0 Å². The average Bonchev–Trinajstić information content (AvgIpc) is 2.23. The molecule has 2 nitrogen and oxygen atoms in total. The lowest BCUT2D eigenvalue weighted by molar-refractivity contribution is 1.31. The number of halogens is 1. The van der Waals surface area contributed by atoms with Crippen LogP contribution in [0.15, 0.2) is 48.7 Å². The first-order valence-electron chi connectivity index (χ1n) is 4.28. The van der Waals surface area contributed by atoms with Crippen molar-refractivity contribution in [2.75, 3.05) is 5.32 Å². The van der Waals surface area contributed by atoms with Crippen molar-refractivity contribution in [1.82, 2.24) is 4.98 Å². The number of nitrogens with zero attached hydrogens (tertiary/aromatic N) is 1. The van der Waals surface area contributed by atoms with Gasteiger partial charge in [0.1, 0.15) is 5.82 Å². The monoisotopic (exact) mass is 204 g/mol. The Labute approximate surface area is 87.6 Å². The summed E-state index contributed by atoms with van der Waals surface area (Å²) in [5.41, 5.74) is 1.02. The van der Waals surface area contributed by atoms with Crippen LogP contribution in [0.25, 0.3) is 0 Å². The Bertz CT molecular complexity index is 397. The summed E-state index contributed by atoms with van der Waals surface area (Å²) < 4.78 is 0. The summed E-state index contributed by atoms with van der Waals surface area (Å²) in [5.74, 6) is 0.792. The van der Waals surface area contributed by atoms with Gasteiger partial charge >= 0.3 is 0 Å². The summed E-state index contributed by atoms with van der Waals surface area (Å²) in [7, 11) is 0. The standard InChI is InChI=1S/C11H9ClN2/c12-9-6-7-11(13-8-9)14-10-4-2-1-3-5-10/h1-8H,(H,13,14). The van der Waals surface area contributed by atoms with Gasteiger partial charge in [0.2, 0.25) is 0 Å². The maximum Gasteiger partial charge on any atom is 0.130 e. The molecule has 2 aromatic rings. The van der Waals surface area contributed by atoms with Crippen molar-refractivity contribution in [3.8, 4) is 0 Å². The highest BCUT2D eigenvalue weighted by molar-refractivity contribution is 6.30. The van der Waals surface area contributed by atoms with Crippen LogP contribution in [-0.2, 0) is 0 Å². The van der Waals surface area contributed by atoms with Crippen molar-refractivity contribution in [1.29, 1.82) is 0 Å². The minimum absolute atomic E-state index is 0.642. The van der Waals surface area contributed by atoms with Crippen LogP contribution in [0.4, 0.5) is 11.5 Å². The van der Waals surface area contributed by atoms with E-state index in [1.807, 2.05) is 36.4 Å². The predicted molar refractivity (Wildman–Crippen MR) is 59.0 cm³/mol. The first-order chi connectivity index (χ1) is 6.84. The second kappa shape index (κ2) is 4.11. The van der Waals surface area contributed by atoms with Crippen LogP contribution in [0, 0.1) is 0 Å². The predicted octanol–water partition coefficient (Wildman–Crippen LogP) is 3.48. The molecule has 0 aliphatic heterocycles. The Morgan fingerprint density at radius 1 is 1.00 bits per heavy atom. The lowest BCUT2D eigenvalue weighted by atomic mass is 10.3. The molecule has 0 fully saturated rings. The molecule has 1 N–H and O–H groups in total. The summed E-state index contributed by atoms with van der Waals surface area (Å²) in [6.07, 6.45) is 1.62. The van der Waals surface area contributed by atoms with Crippen LogP contribution >= 0.6 is 11.6 Å². The van der Waals surface area contributed by atoms with Gasteiger partial charge in [-0.05, 0) is 24.3 Å². The van der Waals surface area contributed by atoms with Crippen LogP contribution in [0.1, 0.15) is 0 Å². The maximum absolute atomic E-state index is 5.72. The molecule has 1 aromatic carbocycles. The van der Waals surface area contributed by atoms with E-state index in [2.05, 4.69) is 10.3 Å². The molecular formula is C11H9ClN2. The van der Waals surface area contributed by atoms with Gasteiger partial charge in [-0.1, -0.05) is 29.8 Å². The lowest BCUT2D eigenvalue weighted by Gasteiger charge is -2.04. The van der Waals surface area contributed by atoms with Crippen LogP contribution in [0.5, 0.6) is 0 Å². The van der Waals surface area contributed by atoms with Gasteiger partial charge in [0.05, 0.1) is 5.02 Å². The largest absolute Gasteiger partial charge is 0.340 e. The number of aromatic nitrogens is 1. The van der Waals surface area contributed by atoms with E-state index in [0.717, 1.165) is 11.5 Å². The molecule has 0 aliphatic carbocycles. The first kappa shape index (κ1) is 9.03. The topological polar surface area (TPSA) is 24.9 Å². The quantitative estimate of drug-likeness (QED) is 0.810. The molecular weight excluding hydrogens is 196 g/mol. The molecule has 0 radical (unpaired) electrons. The average molecular weight is 205 g/mol. The second-order valence-corrected chi connectivity index (χ2v) is 3.29. The highest BCUT2D eigenvalue weighted by Crippen LogP contribution is 2.15. The fraction of sp³-hybridized carbons (Fsp3) is 0. The number of rotatable bonds is 2. The molecule has 14 heavy (non-hydrogen) atoms. The van der Waals surface area contributed by atoms with Gasteiger partial charge in [0.15, 0.2) is 0 Å². The molecule has 3 heteroatoms. The van der Waals surface area contributed by atoms with Crippen LogP contribution in [-0.4, -0.2) is 4.98 Å². The summed E-state index contributed by atoms with van der Waals surface area (Å²) in [6, 6.07) is 13.5. The molecule has 1 heterocycles. The second-order valence-electron chi connectivity index (χ2n) is 2.85. The van der Waals surface area contributed by atoms with E-state index < -0.39 is 0 Å². The molecule has 1 aromatic heterocycles. The molecule has 2 rings (SSSR count). The minimum Gasteiger partial charge on any atom is -0.340 e. The van der Waals surface area contributed by atoms with E-state index in [9.17, 15) is 0 Å². The molecule has 0 unspecified atom stereocenters. The number of nitrogens with one attached hydrogen (secondary N) is 1. The van der Waals surface area contributed by atoms with Crippen molar-refractivity contribution in [2.45, 2.75) is 0 Å². The molecule has 0 aliphatic rings. The highest BCUT2D eigenvalue weighted by Gasteiger charge is 1.94. The summed E-state index contributed by atoms with van der Waals surface area (Å²) in [5, 5.41) is 3.80. The van der Waals surface area contributed by atoms with Crippen molar-refractivity contribution >= 4 is 23.1 Å². The SMILES string of the molecule is Clc1ccc(Nc2ccccc2)nc1. The number of para-hydroxylation sites is 1. The summed E-state index contributed by atoms with van der Waals surface area (Å²) in [6.45, 7) is 0. The Balaban J connectivity index is 2.16. The molecule has 0 atom stereocenters. The van der Waals surface area contributed by atoms with Gasteiger partial charge < -0.3 is 5.32 Å². The highest BCUT2D eigenvalue weighted by atomic mass is 35.5. The number of hydrogen-bond acceptors (Lipinski definition) is 2. The van der Waals surface area contributed by atoms with Gasteiger partial charge in [0, 0.05) is 11.9 Å². The van der Waals surface area contributed by atoms with Gasteiger partial charge in [-0.25, -0.2) is 4.98 Å². The first-order valence-corrected chi connectivity index (χ1v) is 4.66. The zero-order valence-electron chi connectivity index (χ0n) is 7.44. The molecule has 0 saturated carbocycles. The summed E-state index contributed by atoms with van der Waals surface area (Å²) >= 11 is 5.72. The maximum atomic E-state index is 5.72. The van der Waals surface area contributed by atoms with Gasteiger partial charge in [-0.3, -0.25) is 0 Å². The van der Waals surface area contributed by atoms with Crippen LogP contribution in [0.3, 0.4) is 0 Å². The minimum atomic E-state index is 0.642. The molecule has 0 bridgehead atoms. The van der Waals surface area contributed by atoms with E-state index in [1.54, 1.807) is 12.3 Å². The number of pyridine rings is 1. The van der Waals surface area contributed by atoms with E-state index in [4.69, 9.17) is 11.6 Å². The van der Waals surface area contributed by atoms with Crippen molar-refractivity contribution in [2.24, 2.45) is 0 Å².